The Morgan fingerprint density at radius 3 is 2.62 bits per heavy atom. The fourth-order valence-electron chi connectivity index (χ4n) is 1.25. The molecule has 0 unspecified atom stereocenters. The van der Waals surface area contributed by atoms with Gasteiger partial charge in [-0.15, -0.1) is 0 Å². The predicted molar refractivity (Wildman–Crippen MR) is 57.7 cm³/mol. The van der Waals surface area contributed by atoms with Crippen LogP contribution in [0.2, 0.25) is 0 Å². The summed E-state index contributed by atoms with van der Waals surface area (Å²) in [7, 11) is 0. The molecule has 2 rings (SSSR count). The Hall–Kier alpha value is -2.50. The van der Waals surface area contributed by atoms with Gasteiger partial charge in [0.25, 0.3) is 0 Å². The Labute approximate surface area is 91.2 Å². The highest BCUT2D eigenvalue weighted by Gasteiger charge is 2.08. The van der Waals surface area contributed by atoms with Crippen molar-refractivity contribution in [3.8, 4) is 0 Å². The highest BCUT2D eigenvalue weighted by molar-refractivity contribution is 5.89. The van der Waals surface area contributed by atoms with E-state index in [1.165, 1.54) is 18.5 Å². The smallest absolute Gasteiger partial charge is 0.335 e. The van der Waals surface area contributed by atoms with Crippen molar-refractivity contribution in [3.63, 3.8) is 0 Å². The minimum atomic E-state index is -0.961. The minimum absolute atomic E-state index is 0.171. The van der Waals surface area contributed by atoms with Crippen LogP contribution in [0.15, 0.2) is 41.5 Å². The predicted octanol–water partition coefficient (Wildman–Crippen LogP) is 0.922. The van der Waals surface area contributed by atoms with Crippen molar-refractivity contribution in [1.29, 1.82) is 0 Å². The van der Waals surface area contributed by atoms with Crippen LogP contribution in [-0.2, 0) is 4.84 Å². The van der Waals surface area contributed by atoms with Crippen molar-refractivity contribution in [2.24, 2.45) is 10.9 Å². The van der Waals surface area contributed by atoms with Crippen LogP contribution in [0.5, 0.6) is 0 Å². The molecule has 1 heterocycles. The van der Waals surface area contributed by atoms with Gasteiger partial charge in [-0.1, -0.05) is 5.16 Å². The number of anilines is 1. The summed E-state index contributed by atoms with van der Waals surface area (Å²) < 4.78 is 0. The Morgan fingerprint density at radius 1 is 1.38 bits per heavy atom. The molecular formula is C10H9N3O3. The molecule has 1 aromatic rings. The van der Waals surface area contributed by atoms with Gasteiger partial charge in [0.15, 0.2) is 0 Å². The first-order valence-corrected chi connectivity index (χ1v) is 4.46. The van der Waals surface area contributed by atoms with E-state index in [0.29, 0.717) is 0 Å². The summed E-state index contributed by atoms with van der Waals surface area (Å²) in [5, 5.41) is 12.3. The van der Waals surface area contributed by atoms with Gasteiger partial charge in [0.2, 0.25) is 5.88 Å². The summed E-state index contributed by atoms with van der Waals surface area (Å²) in [6, 6.07) is 6.32. The van der Waals surface area contributed by atoms with Crippen molar-refractivity contribution in [1.82, 2.24) is 0 Å². The van der Waals surface area contributed by atoms with E-state index in [4.69, 9.17) is 10.8 Å². The van der Waals surface area contributed by atoms with E-state index in [1.54, 1.807) is 23.2 Å². The topological polar surface area (TPSA) is 88.2 Å². The second-order valence-electron chi connectivity index (χ2n) is 3.10. The third kappa shape index (κ3) is 1.95. The number of carboxylic acids is 1. The number of hydrogen-bond donors (Lipinski definition) is 2. The summed E-state index contributed by atoms with van der Waals surface area (Å²) in [6.45, 7) is 0. The van der Waals surface area contributed by atoms with Gasteiger partial charge in [0, 0.05) is 5.69 Å². The minimum Gasteiger partial charge on any atom is -0.478 e. The number of hydrogen-bond acceptors (Lipinski definition) is 5. The number of oxime groups is 1. The van der Waals surface area contributed by atoms with E-state index in [0.717, 1.165) is 5.69 Å². The van der Waals surface area contributed by atoms with E-state index in [1.807, 2.05) is 0 Å². The Morgan fingerprint density at radius 2 is 2.06 bits per heavy atom. The van der Waals surface area contributed by atoms with E-state index >= 15 is 0 Å². The number of carbonyl (C=O) groups is 1. The van der Waals surface area contributed by atoms with Crippen LogP contribution < -0.4 is 10.6 Å². The molecule has 1 aromatic carbocycles. The molecule has 1 aliphatic rings. The summed E-state index contributed by atoms with van der Waals surface area (Å²) in [5.74, 6) is -0.790. The number of rotatable bonds is 2. The maximum absolute atomic E-state index is 10.6. The van der Waals surface area contributed by atoms with Gasteiger partial charge in [-0.25, -0.2) is 4.79 Å². The molecule has 0 saturated heterocycles. The van der Waals surface area contributed by atoms with Crippen LogP contribution in [0.1, 0.15) is 10.4 Å². The van der Waals surface area contributed by atoms with E-state index in [9.17, 15) is 4.79 Å². The molecule has 1 aliphatic heterocycles. The highest BCUT2D eigenvalue weighted by Crippen LogP contribution is 2.16. The summed E-state index contributed by atoms with van der Waals surface area (Å²) in [4.78, 5) is 16.9. The van der Waals surface area contributed by atoms with E-state index < -0.39 is 5.97 Å². The lowest BCUT2D eigenvalue weighted by Crippen LogP contribution is -2.20. The van der Waals surface area contributed by atoms with Crippen molar-refractivity contribution < 1.29 is 14.7 Å². The van der Waals surface area contributed by atoms with Crippen LogP contribution >= 0.6 is 0 Å². The fraction of sp³-hybridized carbons (Fsp3) is 0. The van der Waals surface area contributed by atoms with Crippen LogP contribution in [0, 0.1) is 0 Å². The largest absolute Gasteiger partial charge is 0.478 e. The lowest BCUT2D eigenvalue weighted by molar-refractivity contribution is 0.0697. The zero-order chi connectivity index (χ0) is 11.5. The zero-order valence-corrected chi connectivity index (χ0v) is 8.20. The molecule has 0 radical (unpaired) electrons. The maximum Gasteiger partial charge on any atom is 0.335 e. The Bertz CT molecular complexity index is 465. The number of nitrogens with zero attached hydrogens (tertiary/aromatic N) is 2. The second kappa shape index (κ2) is 3.93. The van der Waals surface area contributed by atoms with Gasteiger partial charge in [-0.05, 0) is 24.3 Å². The van der Waals surface area contributed by atoms with Gasteiger partial charge >= 0.3 is 5.97 Å². The highest BCUT2D eigenvalue weighted by atomic mass is 16.6. The summed E-state index contributed by atoms with van der Waals surface area (Å²) in [5.41, 5.74) is 6.41. The molecule has 0 saturated carbocycles. The number of carboxylic acid groups (broad SMARTS) is 1. The molecule has 82 valence electrons. The molecule has 0 aromatic heterocycles. The van der Waals surface area contributed by atoms with Gasteiger partial charge in [-0.2, -0.15) is 0 Å². The lowest BCUT2D eigenvalue weighted by atomic mass is 10.2. The van der Waals surface area contributed by atoms with Gasteiger partial charge in [-0.3, -0.25) is 4.90 Å². The van der Waals surface area contributed by atoms with Gasteiger partial charge in [0.1, 0.15) is 6.34 Å². The number of nitrogens with two attached hydrogens (primary N) is 1. The lowest BCUT2D eigenvalue weighted by Gasteiger charge is -2.17. The first kappa shape index (κ1) is 10.0. The molecule has 0 bridgehead atoms. The van der Waals surface area contributed by atoms with Crippen molar-refractivity contribution in [3.05, 3.63) is 41.9 Å². The quantitative estimate of drug-likeness (QED) is 0.772. The average Bonchev–Trinajstić information content (AvgIpc) is 2.29. The number of aromatic carboxylic acids is 1. The second-order valence-corrected chi connectivity index (χ2v) is 3.10. The first-order chi connectivity index (χ1) is 7.66. The third-order valence-electron chi connectivity index (χ3n) is 2.01. The summed E-state index contributed by atoms with van der Waals surface area (Å²) in [6.07, 6.45) is 2.98. The normalized spacial score (nSPS) is 14.2. The maximum atomic E-state index is 10.6. The Balaban J connectivity index is 2.25. The van der Waals surface area contributed by atoms with Crippen molar-refractivity contribution in [2.45, 2.75) is 0 Å². The van der Waals surface area contributed by atoms with Gasteiger partial charge < -0.3 is 15.7 Å². The first-order valence-electron chi connectivity index (χ1n) is 4.46. The molecule has 0 fully saturated rings. The summed E-state index contributed by atoms with van der Waals surface area (Å²) >= 11 is 0. The number of benzene rings is 1. The van der Waals surface area contributed by atoms with Crippen molar-refractivity contribution in [2.75, 3.05) is 4.90 Å². The SMILES string of the molecule is NC1=CN(c2ccc(C(=O)O)cc2)C=NO1. The van der Waals surface area contributed by atoms with Gasteiger partial charge in [0.05, 0.1) is 11.8 Å². The van der Waals surface area contributed by atoms with Crippen LogP contribution in [0.4, 0.5) is 5.69 Å². The molecule has 16 heavy (non-hydrogen) atoms. The average molecular weight is 219 g/mol. The molecule has 0 atom stereocenters. The third-order valence-corrected chi connectivity index (χ3v) is 2.01. The molecule has 0 amide bonds. The Kier molecular flexibility index (Phi) is 2.47. The zero-order valence-electron chi connectivity index (χ0n) is 8.20. The van der Waals surface area contributed by atoms with Crippen LogP contribution in [-0.4, -0.2) is 17.4 Å². The molecule has 3 N–H and O–H groups in total. The molecule has 6 nitrogen and oxygen atoms in total. The van der Waals surface area contributed by atoms with Crippen molar-refractivity contribution >= 4 is 18.0 Å². The van der Waals surface area contributed by atoms with E-state index in [-0.39, 0.29) is 11.4 Å². The molecule has 6 heteroatoms. The standard InChI is InChI=1S/C10H9N3O3/c11-9-5-13(6-12-16-9)8-3-1-7(2-4-8)10(14)15/h1-6H,11H2,(H,14,15). The molecule has 0 aliphatic carbocycles. The van der Waals surface area contributed by atoms with Crippen LogP contribution in [0.25, 0.3) is 0 Å². The monoisotopic (exact) mass is 219 g/mol. The molecular weight excluding hydrogens is 210 g/mol. The van der Waals surface area contributed by atoms with E-state index in [2.05, 4.69) is 9.99 Å². The fourth-order valence-corrected chi connectivity index (χ4v) is 1.25. The molecule has 0 spiro atoms. The van der Waals surface area contributed by atoms with Crippen LogP contribution in [0.3, 0.4) is 0 Å².